The quantitative estimate of drug-likeness (QED) is 0.0686. The first-order chi connectivity index (χ1) is 23.5. The van der Waals surface area contributed by atoms with E-state index in [1.165, 1.54) is 0 Å². The van der Waals surface area contributed by atoms with Gasteiger partial charge in [0, 0.05) is 31.4 Å². The fraction of sp³-hybridized carbons (Fsp3) is 0.289. The molecule has 6 rings (SSSR count). The van der Waals surface area contributed by atoms with Gasteiger partial charge in [-0.15, -0.1) is 0 Å². The number of hydrogen-bond acceptors (Lipinski definition) is 7. The van der Waals surface area contributed by atoms with Gasteiger partial charge in [0.1, 0.15) is 0 Å². The summed E-state index contributed by atoms with van der Waals surface area (Å²) in [5.41, 5.74) is 9.45. The zero-order chi connectivity index (χ0) is 33.3. The smallest absolute Gasteiger partial charge is 0.243 e. The Bertz CT molecular complexity index is 1820. The first-order valence-corrected chi connectivity index (χ1v) is 16.3. The van der Waals surface area contributed by atoms with E-state index < -0.39 is 12.2 Å². The molecule has 248 valence electrons. The van der Waals surface area contributed by atoms with Crippen molar-refractivity contribution in [3.05, 3.63) is 126 Å². The van der Waals surface area contributed by atoms with E-state index in [0.717, 1.165) is 44.4 Å². The minimum Gasteiger partial charge on any atom is -0.392 e. The summed E-state index contributed by atoms with van der Waals surface area (Å²) >= 11 is 0. The number of benzene rings is 4. The summed E-state index contributed by atoms with van der Waals surface area (Å²) in [5, 5.41) is 21.1. The molecular weight excluding hydrogens is 608 g/mol. The third kappa shape index (κ3) is 8.34. The van der Waals surface area contributed by atoms with Crippen LogP contribution in [-0.4, -0.2) is 37.8 Å². The summed E-state index contributed by atoms with van der Waals surface area (Å²) in [6.45, 7) is 1.03. The largest absolute Gasteiger partial charge is 0.392 e. The molecule has 0 bridgehead atoms. The number of para-hydroxylation sites is 2. The number of nitrogens with zero attached hydrogens (tertiary/aromatic N) is 2. The van der Waals surface area contributed by atoms with Gasteiger partial charge in [0.15, 0.2) is 6.29 Å². The van der Waals surface area contributed by atoms with Crippen molar-refractivity contribution in [1.29, 1.82) is 0 Å². The van der Waals surface area contributed by atoms with Crippen LogP contribution in [0, 0.1) is 0 Å². The lowest BCUT2D eigenvalue weighted by Gasteiger charge is -2.36. The third-order valence-corrected chi connectivity index (χ3v) is 8.66. The fourth-order valence-electron chi connectivity index (χ4n) is 6.02. The molecule has 0 radical (unpaired) electrons. The Morgan fingerprint density at radius 1 is 0.812 bits per heavy atom. The van der Waals surface area contributed by atoms with E-state index in [1.807, 2.05) is 79.1 Å². The van der Waals surface area contributed by atoms with Crippen LogP contribution in [0.3, 0.4) is 0 Å². The molecule has 1 fully saturated rings. The van der Waals surface area contributed by atoms with Gasteiger partial charge in [-0.3, -0.25) is 14.8 Å². The lowest BCUT2D eigenvalue weighted by Crippen LogP contribution is -2.32. The number of aliphatic hydroxyl groups is 1. The maximum Gasteiger partial charge on any atom is 0.243 e. The summed E-state index contributed by atoms with van der Waals surface area (Å²) < 4.78 is 15.3. The molecule has 4 aromatic carbocycles. The maximum absolute atomic E-state index is 12.3. The van der Waals surface area contributed by atoms with Crippen molar-refractivity contribution in [2.24, 2.45) is 0 Å². The lowest BCUT2D eigenvalue weighted by molar-refractivity contribution is -0.252. The third-order valence-electron chi connectivity index (χ3n) is 8.66. The van der Waals surface area contributed by atoms with Crippen molar-refractivity contribution in [3.63, 3.8) is 0 Å². The van der Waals surface area contributed by atoms with Gasteiger partial charge in [0.25, 0.3) is 0 Å². The van der Waals surface area contributed by atoms with E-state index in [0.29, 0.717) is 38.8 Å². The minimum absolute atomic E-state index is 0.00713. The first kappa shape index (κ1) is 33.0. The molecule has 48 heavy (non-hydrogen) atoms. The van der Waals surface area contributed by atoms with Gasteiger partial charge < -0.3 is 24.5 Å². The van der Waals surface area contributed by atoms with E-state index in [2.05, 4.69) is 39.1 Å². The maximum atomic E-state index is 12.3. The van der Waals surface area contributed by atoms with Crippen molar-refractivity contribution in [2.45, 2.75) is 70.3 Å². The van der Waals surface area contributed by atoms with Crippen molar-refractivity contribution >= 4 is 22.8 Å². The Morgan fingerprint density at radius 2 is 1.56 bits per heavy atom. The molecule has 1 aromatic heterocycles. The summed E-state index contributed by atoms with van der Waals surface area (Å²) in [6, 6.07) is 32.2. The molecule has 4 N–H and O–H groups in total. The van der Waals surface area contributed by atoms with E-state index in [9.17, 15) is 14.7 Å². The highest BCUT2D eigenvalue weighted by molar-refractivity contribution is 5.77. The van der Waals surface area contributed by atoms with Crippen molar-refractivity contribution < 1.29 is 29.4 Å². The molecular formula is C38H40N4O6. The number of aliphatic hydroxyl groups excluding tert-OH is 1. The number of carbonyl (C=O) groups is 2. The van der Waals surface area contributed by atoms with Crippen LogP contribution in [0.5, 0.6) is 0 Å². The monoisotopic (exact) mass is 648 g/mol. The Balaban J connectivity index is 1.13. The molecule has 10 nitrogen and oxygen atoms in total. The predicted octanol–water partition coefficient (Wildman–Crippen LogP) is 6.12. The van der Waals surface area contributed by atoms with Crippen LogP contribution in [0.25, 0.3) is 22.2 Å². The van der Waals surface area contributed by atoms with Gasteiger partial charge in [-0.2, -0.15) is 0 Å². The molecule has 2 heterocycles. The Hall–Kier alpha value is -4.87. The number of hydrogen-bond donors (Lipinski definition) is 4. The number of rotatable bonds is 13. The Kier molecular flexibility index (Phi) is 10.9. The van der Waals surface area contributed by atoms with Crippen LogP contribution in [0.15, 0.2) is 103 Å². The molecule has 0 spiro atoms. The van der Waals surface area contributed by atoms with E-state index in [-0.39, 0.29) is 31.1 Å². The zero-order valence-corrected chi connectivity index (χ0v) is 26.6. The second-order valence-electron chi connectivity index (χ2n) is 12.1. The standard InChI is InChI=1S/C38H40N4O6/c43-24-26-12-14-29(15-13-26)35-21-32(23-42-25-40-33-8-1-2-9-34(33)42)47-38(48-35)30-18-16-28(17-19-30)31-7-5-6-27(20-31)22-39-36(44)10-3-4-11-37(45)41-46/h1-2,5-9,12-20,25,32,35,38,43,46H,3-4,10-11,21-24H2,(H,39,44)(H,41,45). The number of aromatic nitrogens is 2. The van der Waals surface area contributed by atoms with E-state index in [1.54, 1.807) is 5.48 Å². The SMILES string of the molecule is O=C(CCCCC(=O)NCc1cccc(-c2ccc(C3OC(Cn4cnc5ccccc54)CC(c4ccc(CO)cc4)O3)cc2)c1)NO. The number of carbonyl (C=O) groups excluding carboxylic acids is 2. The van der Waals surface area contributed by atoms with Gasteiger partial charge in [-0.1, -0.05) is 78.9 Å². The van der Waals surface area contributed by atoms with E-state index in [4.69, 9.17) is 14.7 Å². The van der Waals surface area contributed by atoms with Gasteiger partial charge in [0.2, 0.25) is 11.8 Å². The van der Waals surface area contributed by atoms with Crippen LogP contribution in [0.1, 0.15) is 66.8 Å². The lowest BCUT2D eigenvalue weighted by atomic mass is 9.99. The summed E-state index contributed by atoms with van der Waals surface area (Å²) in [4.78, 5) is 28.0. The highest BCUT2D eigenvalue weighted by Gasteiger charge is 2.32. The normalized spacial score (nSPS) is 17.7. The summed E-state index contributed by atoms with van der Waals surface area (Å²) in [5.74, 6) is -0.527. The highest BCUT2D eigenvalue weighted by atomic mass is 16.7. The molecule has 3 atom stereocenters. The number of fused-ring (bicyclic) bond motifs is 1. The van der Waals surface area contributed by atoms with Gasteiger partial charge >= 0.3 is 0 Å². The predicted molar refractivity (Wildman–Crippen MR) is 180 cm³/mol. The molecule has 0 aliphatic carbocycles. The van der Waals surface area contributed by atoms with Crippen LogP contribution < -0.4 is 10.8 Å². The molecule has 1 saturated heterocycles. The van der Waals surface area contributed by atoms with Crippen LogP contribution in [-0.2, 0) is 38.8 Å². The summed E-state index contributed by atoms with van der Waals surface area (Å²) in [7, 11) is 0. The van der Waals surface area contributed by atoms with Crippen LogP contribution in [0.4, 0.5) is 0 Å². The number of nitrogens with one attached hydrogen (secondary N) is 2. The molecule has 10 heteroatoms. The highest BCUT2D eigenvalue weighted by Crippen LogP contribution is 2.39. The Labute approximate surface area is 279 Å². The van der Waals surface area contributed by atoms with Gasteiger partial charge in [-0.25, -0.2) is 10.5 Å². The van der Waals surface area contributed by atoms with Crippen LogP contribution in [0.2, 0.25) is 0 Å². The molecule has 2 amide bonds. The molecule has 1 aliphatic rings. The number of ether oxygens (including phenoxy) is 2. The Morgan fingerprint density at radius 3 is 2.33 bits per heavy atom. The molecule has 0 saturated carbocycles. The average Bonchev–Trinajstić information content (AvgIpc) is 3.55. The second kappa shape index (κ2) is 15.8. The zero-order valence-electron chi connectivity index (χ0n) is 26.6. The fourth-order valence-corrected chi connectivity index (χ4v) is 6.02. The van der Waals surface area contributed by atoms with Crippen molar-refractivity contribution in [2.75, 3.05) is 0 Å². The van der Waals surface area contributed by atoms with Crippen molar-refractivity contribution in [1.82, 2.24) is 20.3 Å². The molecule has 1 aliphatic heterocycles. The number of amides is 2. The van der Waals surface area contributed by atoms with Gasteiger partial charge in [-0.05, 0) is 58.9 Å². The average molecular weight is 649 g/mol. The number of imidazole rings is 1. The topological polar surface area (TPSA) is 135 Å². The van der Waals surface area contributed by atoms with Crippen LogP contribution >= 0.6 is 0 Å². The first-order valence-electron chi connectivity index (χ1n) is 16.3. The molecule has 3 unspecified atom stereocenters. The number of unbranched alkanes of at least 4 members (excludes halogenated alkanes) is 1. The minimum atomic E-state index is -0.574. The van der Waals surface area contributed by atoms with Crippen molar-refractivity contribution in [3.8, 4) is 11.1 Å². The van der Waals surface area contributed by atoms with E-state index >= 15 is 0 Å². The second-order valence-corrected chi connectivity index (χ2v) is 12.1. The van der Waals surface area contributed by atoms with Gasteiger partial charge in [0.05, 0.1) is 42.7 Å². The number of hydroxylamine groups is 1. The molecule has 5 aromatic rings. The summed E-state index contributed by atoms with van der Waals surface area (Å²) in [6.07, 6.45) is 3.24.